The Hall–Kier alpha value is -3.01. The van der Waals surface area contributed by atoms with Gasteiger partial charge < -0.3 is 9.47 Å². The van der Waals surface area contributed by atoms with Crippen molar-refractivity contribution in [3.8, 4) is 0 Å². The van der Waals surface area contributed by atoms with E-state index >= 15 is 0 Å². The van der Waals surface area contributed by atoms with Crippen molar-refractivity contribution in [2.24, 2.45) is 11.8 Å². The van der Waals surface area contributed by atoms with Gasteiger partial charge in [-0.3, -0.25) is 33.6 Å². The molecule has 31 heavy (non-hydrogen) atoms. The van der Waals surface area contributed by atoms with Gasteiger partial charge in [0.2, 0.25) is 11.8 Å². The number of aryl methyl sites for hydroxylation is 1. The van der Waals surface area contributed by atoms with Gasteiger partial charge in [0.15, 0.2) is 0 Å². The minimum atomic E-state index is -0.655. The number of fused-ring (bicyclic) bond motifs is 5. The Morgan fingerprint density at radius 1 is 1.03 bits per heavy atom. The van der Waals surface area contributed by atoms with Gasteiger partial charge >= 0.3 is 11.7 Å². The molecular formula is C21H25N3O7. The number of carbonyl (C=O) groups is 3. The van der Waals surface area contributed by atoms with E-state index in [1.807, 2.05) is 12.2 Å². The molecule has 2 amide bonds. The predicted molar refractivity (Wildman–Crippen MR) is 107 cm³/mol. The SMILES string of the molecule is Cc1cn(CC(=O)OCCCCCCN2C(=O)[C@@H]3[C@H](C2=O)[C@@H]2C=C[C@H]3O2)c(=O)[nH]c1=O. The van der Waals surface area contributed by atoms with Crippen LogP contribution in [0.25, 0.3) is 0 Å². The summed E-state index contributed by atoms with van der Waals surface area (Å²) in [6.07, 6.45) is 7.46. The molecule has 4 heterocycles. The van der Waals surface area contributed by atoms with Crippen molar-refractivity contribution in [2.45, 2.75) is 51.4 Å². The standard InChI is InChI=1S/C21H25N3O7/c1-12-10-23(21(29)22-18(12)26)11-15(25)30-9-5-3-2-4-8-24-19(27)16-13-6-7-14(31-13)17(16)20(24)28/h6-7,10,13-14,16-17H,2-5,8-9,11H2,1H3,(H,22,26,29)/t13-,14+,16+,17-. The van der Waals surface area contributed by atoms with E-state index in [2.05, 4.69) is 4.98 Å². The summed E-state index contributed by atoms with van der Waals surface area (Å²) in [5, 5.41) is 0. The van der Waals surface area contributed by atoms with E-state index in [0.717, 1.165) is 17.4 Å². The van der Waals surface area contributed by atoms with E-state index in [0.29, 0.717) is 24.9 Å². The number of amides is 2. The minimum absolute atomic E-state index is 0.131. The van der Waals surface area contributed by atoms with Gasteiger partial charge in [-0.2, -0.15) is 0 Å². The lowest BCUT2D eigenvalue weighted by molar-refractivity contribution is -0.145. The molecule has 0 unspecified atom stereocenters. The summed E-state index contributed by atoms with van der Waals surface area (Å²) in [5.74, 6) is -1.54. The first-order chi connectivity index (χ1) is 14.9. The molecule has 0 spiro atoms. The molecule has 1 aromatic heterocycles. The molecule has 0 saturated carbocycles. The minimum Gasteiger partial charge on any atom is -0.464 e. The molecule has 0 aliphatic carbocycles. The lowest BCUT2D eigenvalue weighted by Gasteiger charge is -2.17. The first-order valence-corrected chi connectivity index (χ1v) is 10.5. The number of esters is 1. The van der Waals surface area contributed by atoms with Gasteiger partial charge in [0.1, 0.15) is 6.54 Å². The Bertz CT molecular complexity index is 1010. The summed E-state index contributed by atoms with van der Waals surface area (Å²) in [6.45, 7) is 1.90. The van der Waals surface area contributed by atoms with Crippen LogP contribution in [0.3, 0.4) is 0 Å². The van der Waals surface area contributed by atoms with Crippen molar-refractivity contribution in [1.82, 2.24) is 14.5 Å². The van der Waals surface area contributed by atoms with Crippen LogP contribution in [0.2, 0.25) is 0 Å². The first-order valence-electron chi connectivity index (χ1n) is 10.5. The van der Waals surface area contributed by atoms with E-state index < -0.39 is 17.2 Å². The van der Waals surface area contributed by atoms with E-state index in [4.69, 9.17) is 9.47 Å². The second-order valence-corrected chi connectivity index (χ2v) is 8.16. The maximum absolute atomic E-state index is 12.5. The zero-order chi connectivity index (χ0) is 22.1. The highest BCUT2D eigenvalue weighted by Crippen LogP contribution is 2.45. The molecule has 2 bridgehead atoms. The number of aromatic amines is 1. The second-order valence-electron chi connectivity index (χ2n) is 8.16. The van der Waals surface area contributed by atoms with Gasteiger partial charge in [-0.25, -0.2) is 4.79 Å². The Kier molecular flexibility index (Phi) is 5.90. The molecule has 2 saturated heterocycles. The average molecular weight is 431 g/mol. The number of rotatable bonds is 9. The number of aromatic nitrogens is 2. The fraction of sp³-hybridized carbons (Fsp3) is 0.571. The second kappa shape index (κ2) is 8.62. The van der Waals surface area contributed by atoms with E-state index in [1.165, 1.54) is 11.1 Å². The van der Waals surface area contributed by atoms with Crippen LogP contribution in [0.1, 0.15) is 31.2 Å². The molecule has 0 aromatic carbocycles. The average Bonchev–Trinajstić information content (AvgIpc) is 3.40. The normalized spacial score (nSPS) is 26.0. The number of likely N-dealkylation sites (tertiary alicyclic amines) is 1. The van der Waals surface area contributed by atoms with Crippen LogP contribution in [-0.2, 0) is 30.4 Å². The number of imide groups is 1. The number of hydrogen-bond acceptors (Lipinski definition) is 7. The molecule has 166 valence electrons. The van der Waals surface area contributed by atoms with Crippen molar-refractivity contribution in [3.63, 3.8) is 0 Å². The van der Waals surface area contributed by atoms with Crippen LogP contribution in [0.5, 0.6) is 0 Å². The quantitative estimate of drug-likeness (QED) is 0.250. The fourth-order valence-corrected chi connectivity index (χ4v) is 4.42. The lowest BCUT2D eigenvalue weighted by atomic mass is 9.85. The molecule has 1 N–H and O–H groups in total. The van der Waals surface area contributed by atoms with E-state index in [1.54, 1.807) is 6.92 Å². The summed E-state index contributed by atoms with van der Waals surface area (Å²) in [4.78, 5) is 63.5. The summed E-state index contributed by atoms with van der Waals surface area (Å²) in [5.41, 5.74) is -0.798. The molecule has 2 fully saturated rings. The highest BCUT2D eigenvalue weighted by Gasteiger charge is 2.60. The zero-order valence-electron chi connectivity index (χ0n) is 17.2. The molecule has 4 atom stereocenters. The van der Waals surface area contributed by atoms with Crippen molar-refractivity contribution < 1.29 is 23.9 Å². The molecule has 3 aliphatic rings. The Morgan fingerprint density at radius 3 is 2.35 bits per heavy atom. The van der Waals surface area contributed by atoms with Gasteiger partial charge in [0, 0.05) is 18.3 Å². The molecule has 3 aliphatic heterocycles. The van der Waals surface area contributed by atoms with Gasteiger partial charge in [-0.05, 0) is 26.2 Å². The van der Waals surface area contributed by atoms with E-state index in [9.17, 15) is 24.0 Å². The van der Waals surface area contributed by atoms with Crippen molar-refractivity contribution in [2.75, 3.05) is 13.2 Å². The van der Waals surface area contributed by atoms with Crippen LogP contribution >= 0.6 is 0 Å². The lowest BCUT2D eigenvalue weighted by Crippen LogP contribution is -2.35. The Labute approximate surface area is 177 Å². The van der Waals surface area contributed by atoms with Gasteiger partial charge in [-0.15, -0.1) is 0 Å². The van der Waals surface area contributed by atoms with Crippen LogP contribution in [0, 0.1) is 18.8 Å². The highest BCUT2D eigenvalue weighted by atomic mass is 16.5. The Balaban J connectivity index is 1.12. The van der Waals surface area contributed by atoms with Crippen molar-refractivity contribution in [3.05, 3.63) is 44.8 Å². The van der Waals surface area contributed by atoms with E-state index in [-0.39, 0.29) is 49.0 Å². The highest BCUT2D eigenvalue weighted by molar-refractivity contribution is 6.06. The van der Waals surface area contributed by atoms with Crippen LogP contribution in [0.4, 0.5) is 0 Å². The first kappa shape index (κ1) is 21.2. The van der Waals surface area contributed by atoms with Crippen LogP contribution in [-0.4, -0.2) is 57.6 Å². The summed E-state index contributed by atoms with van der Waals surface area (Å²) in [6, 6.07) is 0. The predicted octanol–water partition coefficient (Wildman–Crippen LogP) is -0.113. The summed E-state index contributed by atoms with van der Waals surface area (Å²) < 4.78 is 11.9. The van der Waals surface area contributed by atoms with Gasteiger partial charge in [-0.1, -0.05) is 18.6 Å². The number of nitrogens with one attached hydrogen (secondary N) is 1. The summed E-state index contributed by atoms with van der Waals surface area (Å²) in [7, 11) is 0. The van der Waals surface area contributed by atoms with Crippen LogP contribution in [0.15, 0.2) is 27.9 Å². The maximum Gasteiger partial charge on any atom is 0.328 e. The molecule has 4 rings (SSSR count). The molecule has 10 heteroatoms. The van der Waals surface area contributed by atoms with Gasteiger partial charge in [0.25, 0.3) is 5.56 Å². The number of ether oxygens (including phenoxy) is 2. The van der Waals surface area contributed by atoms with Crippen molar-refractivity contribution >= 4 is 17.8 Å². The number of unbranched alkanes of at least 4 members (excludes halogenated alkanes) is 3. The monoisotopic (exact) mass is 431 g/mol. The zero-order valence-corrected chi connectivity index (χ0v) is 17.2. The molecule has 0 radical (unpaired) electrons. The number of H-pyrrole nitrogens is 1. The summed E-state index contributed by atoms with van der Waals surface area (Å²) >= 11 is 0. The number of carbonyl (C=O) groups excluding carboxylic acids is 3. The number of hydrogen-bond donors (Lipinski definition) is 1. The molecular weight excluding hydrogens is 406 g/mol. The maximum atomic E-state index is 12.5. The third-order valence-corrected chi connectivity index (χ3v) is 6.03. The smallest absolute Gasteiger partial charge is 0.328 e. The third-order valence-electron chi connectivity index (χ3n) is 6.03. The topological polar surface area (TPSA) is 128 Å². The van der Waals surface area contributed by atoms with Gasteiger partial charge in [0.05, 0.1) is 30.7 Å². The van der Waals surface area contributed by atoms with Crippen LogP contribution < -0.4 is 11.2 Å². The largest absolute Gasteiger partial charge is 0.464 e. The fourth-order valence-electron chi connectivity index (χ4n) is 4.42. The number of nitrogens with zero attached hydrogens (tertiary/aromatic N) is 2. The van der Waals surface area contributed by atoms with Crippen molar-refractivity contribution in [1.29, 1.82) is 0 Å². The third kappa shape index (κ3) is 4.12. The molecule has 1 aromatic rings. The molecule has 10 nitrogen and oxygen atoms in total. The Morgan fingerprint density at radius 2 is 1.68 bits per heavy atom.